The first-order valence-electron chi connectivity index (χ1n) is 4.97. The van der Waals surface area contributed by atoms with Gasteiger partial charge in [-0.25, -0.2) is 0 Å². The molecule has 0 fully saturated rings. The van der Waals surface area contributed by atoms with Gasteiger partial charge >= 0.3 is 0 Å². The van der Waals surface area contributed by atoms with Gasteiger partial charge in [-0.15, -0.1) is 0 Å². The van der Waals surface area contributed by atoms with Crippen molar-refractivity contribution in [1.29, 1.82) is 0 Å². The van der Waals surface area contributed by atoms with Gasteiger partial charge in [-0.05, 0) is 43.4 Å². The van der Waals surface area contributed by atoms with Crippen molar-refractivity contribution in [1.82, 2.24) is 0 Å². The van der Waals surface area contributed by atoms with E-state index in [2.05, 4.69) is 55.4 Å². The molecule has 0 bridgehead atoms. The molecule has 1 aromatic rings. The Labute approximate surface area is 95.2 Å². The van der Waals surface area contributed by atoms with Crippen LogP contribution in [0.25, 0.3) is 0 Å². The van der Waals surface area contributed by atoms with Crippen molar-refractivity contribution < 1.29 is 0 Å². The van der Waals surface area contributed by atoms with E-state index >= 15 is 0 Å². The lowest BCUT2D eigenvalue weighted by Crippen LogP contribution is -1.97. The second-order valence-corrected chi connectivity index (χ2v) is 4.61. The van der Waals surface area contributed by atoms with Crippen LogP contribution in [0.5, 0.6) is 0 Å². The third-order valence-corrected chi connectivity index (χ3v) is 3.50. The molecular weight excluding hydrogens is 236 g/mol. The first-order chi connectivity index (χ1) is 6.56. The Kier molecular flexibility index (Phi) is 3.94. The van der Waals surface area contributed by atoms with E-state index in [0.717, 1.165) is 12.8 Å². The summed E-state index contributed by atoms with van der Waals surface area (Å²) >= 11 is 3.66. The molecule has 0 saturated carbocycles. The molecule has 0 spiro atoms. The van der Waals surface area contributed by atoms with Gasteiger partial charge in [0, 0.05) is 4.47 Å². The number of halogens is 1. The zero-order chi connectivity index (χ0) is 10.7. The van der Waals surface area contributed by atoms with Crippen LogP contribution in [-0.2, 0) is 12.8 Å². The molecule has 0 aromatic heterocycles. The first kappa shape index (κ1) is 11.5. The zero-order valence-electron chi connectivity index (χ0n) is 9.15. The molecule has 0 aliphatic heterocycles. The fourth-order valence-electron chi connectivity index (χ4n) is 1.60. The average Bonchev–Trinajstić information content (AvgIpc) is 2.13. The Morgan fingerprint density at radius 1 is 1.43 bits per heavy atom. The average molecular weight is 253 g/mol. The molecule has 0 N–H and O–H groups in total. The standard InChI is InChI=1S/C13H17Br/c1-5-11-7-6-10(4)13(14)12(11)8-9(2)3/h6-7H,2,5,8H2,1,3-4H3. The Morgan fingerprint density at radius 2 is 2.07 bits per heavy atom. The maximum absolute atomic E-state index is 3.98. The molecule has 0 atom stereocenters. The van der Waals surface area contributed by atoms with Crippen LogP contribution in [0.1, 0.15) is 30.5 Å². The van der Waals surface area contributed by atoms with E-state index in [0.29, 0.717) is 0 Å². The minimum absolute atomic E-state index is 0.978. The highest BCUT2D eigenvalue weighted by atomic mass is 79.9. The lowest BCUT2D eigenvalue weighted by atomic mass is 9.97. The van der Waals surface area contributed by atoms with E-state index in [4.69, 9.17) is 0 Å². The molecule has 1 aromatic carbocycles. The van der Waals surface area contributed by atoms with E-state index in [9.17, 15) is 0 Å². The van der Waals surface area contributed by atoms with E-state index in [1.807, 2.05) is 0 Å². The summed E-state index contributed by atoms with van der Waals surface area (Å²) in [5.41, 5.74) is 5.34. The van der Waals surface area contributed by atoms with Crippen molar-refractivity contribution in [2.45, 2.75) is 33.6 Å². The summed E-state index contributed by atoms with van der Waals surface area (Å²) in [5, 5.41) is 0. The maximum atomic E-state index is 3.98. The monoisotopic (exact) mass is 252 g/mol. The van der Waals surface area contributed by atoms with Gasteiger partial charge in [-0.1, -0.05) is 47.1 Å². The molecule has 0 amide bonds. The van der Waals surface area contributed by atoms with Gasteiger partial charge in [0.05, 0.1) is 0 Å². The van der Waals surface area contributed by atoms with Gasteiger partial charge < -0.3 is 0 Å². The van der Waals surface area contributed by atoms with Crippen molar-refractivity contribution in [3.63, 3.8) is 0 Å². The number of hydrogen-bond acceptors (Lipinski definition) is 0. The number of benzene rings is 1. The first-order valence-corrected chi connectivity index (χ1v) is 5.76. The summed E-state index contributed by atoms with van der Waals surface area (Å²) in [6.45, 7) is 10.4. The van der Waals surface area contributed by atoms with Crippen LogP contribution in [-0.4, -0.2) is 0 Å². The summed E-state index contributed by atoms with van der Waals surface area (Å²) < 4.78 is 1.25. The smallest absolute Gasteiger partial charge is 0.0242 e. The van der Waals surface area contributed by atoms with Gasteiger partial charge in [-0.2, -0.15) is 0 Å². The topological polar surface area (TPSA) is 0 Å². The molecule has 0 aliphatic carbocycles. The highest BCUT2D eigenvalue weighted by Gasteiger charge is 2.07. The molecule has 0 radical (unpaired) electrons. The normalized spacial score (nSPS) is 10.3. The Morgan fingerprint density at radius 3 is 2.57 bits per heavy atom. The van der Waals surface area contributed by atoms with Gasteiger partial charge in [0.1, 0.15) is 0 Å². The van der Waals surface area contributed by atoms with Crippen LogP contribution in [0.3, 0.4) is 0 Å². The molecule has 1 rings (SSSR count). The van der Waals surface area contributed by atoms with Crippen molar-refractivity contribution >= 4 is 15.9 Å². The van der Waals surface area contributed by atoms with Gasteiger partial charge in [0.25, 0.3) is 0 Å². The number of hydrogen-bond donors (Lipinski definition) is 0. The van der Waals surface area contributed by atoms with E-state index < -0.39 is 0 Å². The third-order valence-electron chi connectivity index (χ3n) is 2.39. The van der Waals surface area contributed by atoms with Gasteiger partial charge in [0.15, 0.2) is 0 Å². The Bertz CT molecular complexity index is 350. The molecule has 0 heterocycles. The van der Waals surface area contributed by atoms with Crippen LogP contribution in [0.2, 0.25) is 0 Å². The number of aryl methyl sites for hydroxylation is 2. The number of allylic oxidation sites excluding steroid dienone is 1. The zero-order valence-corrected chi connectivity index (χ0v) is 10.7. The molecule has 14 heavy (non-hydrogen) atoms. The van der Waals surface area contributed by atoms with Crippen LogP contribution < -0.4 is 0 Å². The largest absolute Gasteiger partial charge is 0.0998 e. The van der Waals surface area contributed by atoms with Gasteiger partial charge in [-0.3, -0.25) is 0 Å². The van der Waals surface area contributed by atoms with Crippen LogP contribution in [0.15, 0.2) is 28.8 Å². The maximum Gasteiger partial charge on any atom is 0.0242 e. The summed E-state index contributed by atoms with van der Waals surface area (Å²) in [6, 6.07) is 4.39. The minimum atomic E-state index is 0.978. The molecule has 0 saturated heterocycles. The highest BCUT2D eigenvalue weighted by molar-refractivity contribution is 9.10. The van der Waals surface area contributed by atoms with Crippen molar-refractivity contribution in [3.8, 4) is 0 Å². The SMILES string of the molecule is C=C(C)Cc1c(CC)ccc(C)c1Br. The highest BCUT2D eigenvalue weighted by Crippen LogP contribution is 2.27. The number of rotatable bonds is 3. The van der Waals surface area contributed by atoms with Crippen molar-refractivity contribution in [2.75, 3.05) is 0 Å². The fourth-order valence-corrected chi connectivity index (χ4v) is 2.13. The molecule has 0 nitrogen and oxygen atoms in total. The van der Waals surface area contributed by atoms with Crippen molar-refractivity contribution in [3.05, 3.63) is 45.4 Å². The van der Waals surface area contributed by atoms with Crippen LogP contribution in [0.4, 0.5) is 0 Å². The van der Waals surface area contributed by atoms with Crippen molar-refractivity contribution in [2.24, 2.45) is 0 Å². The predicted molar refractivity (Wildman–Crippen MR) is 66.8 cm³/mol. The predicted octanol–water partition coefficient (Wildman–Crippen LogP) is 4.44. The quantitative estimate of drug-likeness (QED) is 0.698. The van der Waals surface area contributed by atoms with E-state index in [-0.39, 0.29) is 0 Å². The molecular formula is C13H17Br. The molecule has 0 aliphatic rings. The summed E-state index contributed by atoms with van der Waals surface area (Å²) in [6.07, 6.45) is 2.06. The molecule has 0 unspecified atom stereocenters. The third kappa shape index (κ3) is 2.48. The van der Waals surface area contributed by atoms with Crippen LogP contribution in [0, 0.1) is 6.92 Å². The fraction of sp³-hybridized carbons (Fsp3) is 0.385. The summed E-state index contributed by atoms with van der Waals surface area (Å²) in [4.78, 5) is 0. The summed E-state index contributed by atoms with van der Waals surface area (Å²) in [5.74, 6) is 0. The molecule has 1 heteroatoms. The van der Waals surface area contributed by atoms with Crippen LogP contribution >= 0.6 is 15.9 Å². The Hall–Kier alpha value is -0.560. The lowest BCUT2D eigenvalue weighted by molar-refractivity contribution is 1.03. The Balaban J connectivity index is 3.20. The minimum Gasteiger partial charge on any atom is -0.0998 e. The van der Waals surface area contributed by atoms with E-state index in [1.54, 1.807) is 0 Å². The van der Waals surface area contributed by atoms with Gasteiger partial charge in [0.2, 0.25) is 0 Å². The second-order valence-electron chi connectivity index (χ2n) is 3.82. The van der Waals surface area contributed by atoms with E-state index in [1.165, 1.54) is 26.7 Å². The molecule has 76 valence electrons. The summed E-state index contributed by atoms with van der Waals surface area (Å²) in [7, 11) is 0. The lowest BCUT2D eigenvalue weighted by Gasteiger charge is -2.12. The second kappa shape index (κ2) is 4.79.